The zero-order valence-corrected chi connectivity index (χ0v) is 19.5. The number of carbonyl (C=O) groups is 1. The Morgan fingerprint density at radius 2 is 1.75 bits per heavy atom. The highest BCUT2D eigenvalue weighted by atomic mass is 32.1. The molecule has 1 aromatic heterocycles. The van der Waals surface area contributed by atoms with E-state index in [-0.39, 0.29) is 5.91 Å². The predicted molar refractivity (Wildman–Crippen MR) is 125 cm³/mol. The minimum atomic E-state index is -0.141. The van der Waals surface area contributed by atoms with Gasteiger partial charge in [-0.1, -0.05) is 11.3 Å². The number of hydrogen-bond donors (Lipinski definition) is 0. The average Bonchev–Trinajstić information content (AvgIpc) is 3.25. The van der Waals surface area contributed by atoms with Gasteiger partial charge < -0.3 is 23.8 Å². The van der Waals surface area contributed by atoms with Crippen LogP contribution in [0.3, 0.4) is 0 Å². The van der Waals surface area contributed by atoms with E-state index in [1.165, 1.54) is 11.3 Å². The first-order valence-corrected chi connectivity index (χ1v) is 11.2. The van der Waals surface area contributed by atoms with Crippen LogP contribution in [0.2, 0.25) is 0 Å². The van der Waals surface area contributed by atoms with Gasteiger partial charge in [0, 0.05) is 12.1 Å². The average molecular weight is 458 g/mol. The van der Waals surface area contributed by atoms with E-state index in [1.807, 2.05) is 26.2 Å². The molecule has 9 heteroatoms. The molecular formula is C23H27N3O5S. The van der Waals surface area contributed by atoms with Gasteiger partial charge >= 0.3 is 0 Å². The van der Waals surface area contributed by atoms with E-state index in [4.69, 9.17) is 23.9 Å². The molecule has 0 atom stereocenters. The zero-order valence-electron chi connectivity index (χ0n) is 18.7. The van der Waals surface area contributed by atoms with Gasteiger partial charge in [0.25, 0.3) is 5.91 Å². The van der Waals surface area contributed by atoms with Crippen molar-refractivity contribution in [2.45, 2.75) is 6.42 Å². The predicted octanol–water partition coefficient (Wildman–Crippen LogP) is 3.68. The maximum Gasteiger partial charge on any atom is 0.260 e. The van der Waals surface area contributed by atoms with E-state index in [0.29, 0.717) is 59.0 Å². The van der Waals surface area contributed by atoms with Crippen LogP contribution in [0.5, 0.6) is 23.0 Å². The number of ether oxygens (including phenoxy) is 4. The van der Waals surface area contributed by atoms with Gasteiger partial charge in [-0.05, 0) is 57.4 Å². The molecule has 32 heavy (non-hydrogen) atoms. The van der Waals surface area contributed by atoms with Crippen LogP contribution < -0.4 is 23.8 Å². The van der Waals surface area contributed by atoms with Gasteiger partial charge in [-0.3, -0.25) is 9.69 Å². The highest BCUT2D eigenvalue weighted by Gasteiger charge is 2.25. The Bertz CT molecular complexity index is 1070. The largest absolute Gasteiger partial charge is 0.495 e. The van der Waals surface area contributed by atoms with Crippen molar-refractivity contribution >= 4 is 32.6 Å². The number of rotatable bonds is 8. The first-order valence-electron chi connectivity index (χ1n) is 10.4. The van der Waals surface area contributed by atoms with E-state index >= 15 is 0 Å². The molecule has 0 saturated carbocycles. The molecule has 8 nitrogen and oxygen atoms in total. The summed E-state index contributed by atoms with van der Waals surface area (Å²) in [6, 6.07) is 8.96. The van der Waals surface area contributed by atoms with Crippen molar-refractivity contribution in [1.29, 1.82) is 0 Å². The number of thiazole rings is 1. The number of nitrogens with zero attached hydrogens (tertiary/aromatic N) is 3. The number of aromatic nitrogens is 1. The first kappa shape index (κ1) is 22.2. The highest BCUT2D eigenvalue weighted by Crippen LogP contribution is 2.40. The molecule has 0 N–H and O–H groups in total. The topological polar surface area (TPSA) is 73.4 Å². The summed E-state index contributed by atoms with van der Waals surface area (Å²) >= 11 is 1.42. The van der Waals surface area contributed by atoms with Gasteiger partial charge in [-0.2, -0.15) is 0 Å². The molecule has 2 heterocycles. The van der Waals surface area contributed by atoms with Crippen molar-refractivity contribution in [3.8, 4) is 23.0 Å². The Labute approximate surface area is 191 Å². The molecule has 0 fully saturated rings. The minimum absolute atomic E-state index is 0.141. The lowest BCUT2D eigenvalue weighted by Gasteiger charge is -2.23. The third-order valence-corrected chi connectivity index (χ3v) is 6.24. The fraction of sp³-hybridized carbons (Fsp3) is 0.391. The number of anilines is 1. The van der Waals surface area contributed by atoms with Gasteiger partial charge in [-0.25, -0.2) is 4.98 Å². The second kappa shape index (κ2) is 9.62. The van der Waals surface area contributed by atoms with E-state index in [0.717, 1.165) is 17.7 Å². The molecule has 1 aliphatic rings. The summed E-state index contributed by atoms with van der Waals surface area (Å²) in [5.74, 6) is 2.44. The molecule has 170 valence electrons. The molecule has 2 aromatic carbocycles. The van der Waals surface area contributed by atoms with Crippen molar-refractivity contribution in [1.82, 2.24) is 9.88 Å². The molecule has 0 aliphatic carbocycles. The van der Waals surface area contributed by atoms with Crippen LogP contribution in [0.25, 0.3) is 10.2 Å². The number of carbonyl (C=O) groups excluding carboxylic acids is 1. The van der Waals surface area contributed by atoms with Crippen molar-refractivity contribution in [3.63, 3.8) is 0 Å². The van der Waals surface area contributed by atoms with E-state index in [1.54, 1.807) is 37.3 Å². The lowest BCUT2D eigenvalue weighted by molar-refractivity contribution is 0.0984. The van der Waals surface area contributed by atoms with Crippen LogP contribution >= 0.6 is 11.3 Å². The zero-order chi connectivity index (χ0) is 22.7. The summed E-state index contributed by atoms with van der Waals surface area (Å²) < 4.78 is 23.1. The number of amides is 1. The molecule has 1 amide bonds. The van der Waals surface area contributed by atoms with Gasteiger partial charge in [0.2, 0.25) is 0 Å². The molecule has 0 radical (unpaired) electrons. The lowest BCUT2D eigenvalue weighted by Crippen LogP contribution is -2.33. The quantitative estimate of drug-likeness (QED) is 0.511. The first-order chi connectivity index (χ1) is 15.5. The molecule has 0 saturated heterocycles. The molecule has 0 bridgehead atoms. The van der Waals surface area contributed by atoms with Crippen molar-refractivity contribution in [3.05, 3.63) is 35.9 Å². The third kappa shape index (κ3) is 4.44. The fourth-order valence-electron chi connectivity index (χ4n) is 3.55. The van der Waals surface area contributed by atoms with E-state index in [9.17, 15) is 4.79 Å². The smallest absolute Gasteiger partial charge is 0.260 e. The molecule has 4 rings (SSSR count). The SMILES string of the molecule is COc1ccc(OC)c2sc(N(CCCN(C)C)C(=O)c3ccc4c(c3)OCCO4)nc12. The summed E-state index contributed by atoms with van der Waals surface area (Å²) in [5, 5.41) is 0.599. The second-order valence-electron chi connectivity index (χ2n) is 7.62. The fourth-order valence-corrected chi connectivity index (χ4v) is 4.65. The van der Waals surface area contributed by atoms with Gasteiger partial charge in [-0.15, -0.1) is 0 Å². The monoisotopic (exact) mass is 457 g/mol. The third-order valence-electron chi connectivity index (χ3n) is 5.15. The Morgan fingerprint density at radius 3 is 2.47 bits per heavy atom. The molecular weight excluding hydrogens is 430 g/mol. The summed E-state index contributed by atoms with van der Waals surface area (Å²) in [5.41, 5.74) is 1.21. The van der Waals surface area contributed by atoms with E-state index < -0.39 is 0 Å². The molecule has 1 aliphatic heterocycles. The second-order valence-corrected chi connectivity index (χ2v) is 8.59. The minimum Gasteiger partial charge on any atom is -0.495 e. The van der Waals surface area contributed by atoms with Crippen molar-refractivity contribution < 1.29 is 23.7 Å². The Morgan fingerprint density at radius 1 is 1.03 bits per heavy atom. The Kier molecular flexibility index (Phi) is 6.66. The van der Waals surface area contributed by atoms with Gasteiger partial charge in [0.15, 0.2) is 16.6 Å². The maximum atomic E-state index is 13.6. The number of methoxy groups -OCH3 is 2. The lowest BCUT2D eigenvalue weighted by atomic mass is 10.1. The van der Waals surface area contributed by atoms with Crippen LogP contribution in [0.4, 0.5) is 5.13 Å². The van der Waals surface area contributed by atoms with Crippen LogP contribution in [0.15, 0.2) is 30.3 Å². The van der Waals surface area contributed by atoms with Gasteiger partial charge in [0.05, 0.1) is 14.2 Å². The number of benzene rings is 2. The van der Waals surface area contributed by atoms with E-state index in [2.05, 4.69) is 4.90 Å². The standard InChI is InChI=1S/C23H27N3O5S/c1-25(2)10-5-11-26(22(27)15-6-7-16-19(14-15)31-13-12-30-16)23-24-20-17(28-3)8-9-18(29-4)21(20)32-23/h6-9,14H,5,10-13H2,1-4H3. The maximum absolute atomic E-state index is 13.6. The van der Waals surface area contributed by atoms with Crippen molar-refractivity contribution in [2.75, 3.05) is 59.5 Å². The Hall–Kier alpha value is -3.04. The van der Waals surface area contributed by atoms with Crippen LogP contribution in [-0.4, -0.2) is 70.4 Å². The summed E-state index contributed by atoms with van der Waals surface area (Å²) in [7, 11) is 7.26. The van der Waals surface area contributed by atoms with Crippen LogP contribution in [0.1, 0.15) is 16.8 Å². The summed E-state index contributed by atoms with van der Waals surface area (Å²) in [6.45, 7) is 2.35. The number of hydrogen-bond acceptors (Lipinski definition) is 8. The molecule has 0 spiro atoms. The summed E-state index contributed by atoms with van der Waals surface area (Å²) in [6.07, 6.45) is 0.799. The molecule has 0 unspecified atom stereocenters. The highest BCUT2D eigenvalue weighted by molar-refractivity contribution is 7.22. The summed E-state index contributed by atoms with van der Waals surface area (Å²) in [4.78, 5) is 22.2. The van der Waals surface area contributed by atoms with Gasteiger partial charge in [0.1, 0.15) is 34.9 Å². The molecule has 3 aromatic rings. The van der Waals surface area contributed by atoms with Crippen molar-refractivity contribution in [2.24, 2.45) is 0 Å². The number of fused-ring (bicyclic) bond motifs is 2. The Balaban J connectivity index is 1.73. The normalized spacial score (nSPS) is 12.8. The van der Waals surface area contributed by atoms with Crippen LogP contribution in [-0.2, 0) is 0 Å². The van der Waals surface area contributed by atoms with Crippen LogP contribution in [0, 0.1) is 0 Å².